The van der Waals surface area contributed by atoms with Crippen molar-refractivity contribution >= 4 is 34.4 Å². The van der Waals surface area contributed by atoms with Crippen molar-refractivity contribution in [2.24, 2.45) is 0 Å². The number of Topliss-reactive ketones (excluding diaryl/α,β-unsaturated/α-hetero) is 1. The van der Waals surface area contributed by atoms with Crippen LogP contribution in [-0.2, 0) is 20.7 Å². The van der Waals surface area contributed by atoms with Gasteiger partial charge in [-0.1, -0.05) is 18.2 Å². The quantitative estimate of drug-likeness (QED) is 0.697. The highest BCUT2D eigenvalue weighted by atomic mass is 32.2. The third-order valence-corrected chi connectivity index (χ3v) is 5.29. The van der Waals surface area contributed by atoms with Crippen molar-refractivity contribution < 1.29 is 14.3 Å². The minimum atomic E-state index is -1.07. The van der Waals surface area contributed by atoms with Gasteiger partial charge >= 0.3 is 5.97 Å². The van der Waals surface area contributed by atoms with Crippen LogP contribution in [0.3, 0.4) is 0 Å². The molecule has 1 aromatic heterocycles. The third kappa shape index (κ3) is 2.35. The topological polar surface area (TPSA) is 59.2 Å². The summed E-state index contributed by atoms with van der Waals surface area (Å²) in [6, 6.07) is 7.91. The van der Waals surface area contributed by atoms with Crippen molar-refractivity contribution in [3.05, 3.63) is 36.0 Å². The summed E-state index contributed by atoms with van der Waals surface area (Å²) >= 11 is 1.41. The highest BCUT2D eigenvalue weighted by Gasteiger charge is 2.51. The molecule has 4 nitrogen and oxygen atoms in total. The van der Waals surface area contributed by atoms with Crippen molar-refractivity contribution in [1.29, 1.82) is 0 Å². The summed E-state index contributed by atoms with van der Waals surface area (Å²) in [5.74, 6) is 0.263. The highest BCUT2D eigenvalue weighted by Crippen LogP contribution is 2.40. The number of thioether (sulfide) groups is 1. The molecule has 21 heavy (non-hydrogen) atoms. The van der Waals surface area contributed by atoms with E-state index in [1.165, 1.54) is 11.8 Å². The number of hydrogen-bond acceptors (Lipinski definition) is 4. The SMILES string of the molecule is CCOC(=O)C1(Cc2c[nH]c3ccccc23)SCCC1=O. The summed E-state index contributed by atoms with van der Waals surface area (Å²) in [6.07, 6.45) is 2.71. The first-order valence-corrected chi connectivity index (χ1v) is 8.05. The first-order chi connectivity index (χ1) is 10.2. The van der Waals surface area contributed by atoms with Gasteiger partial charge < -0.3 is 9.72 Å². The molecule has 0 amide bonds. The molecule has 1 aliphatic heterocycles. The molecular formula is C16H17NO3S. The summed E-state index contributed by atoms with van der Waals surface area (Å²) < 4.78 is 4.10. The Balaban J connectivity index is 1.99. The Hall–Kier alpha value is -1.75. The molecule has 1 fully saturated rings. The first kappa shape index (κ1) is 14.2. The lowest BCUT2D eigenvalue weighted by Crippen LogP contribution is -2.43. The molecule has 1 aromatic carbocycles. The smallest absolute Gasteiger partial charge is 0.330 e. The van der Waals surface area contributed by atoms with Crippen LogP contribution in [0.5, 0.6) is 0 Å². The Labute approximate surface area is 127 Å². The van der Waals surface area contributed by atoms with Crippen LogP contribution >= 0.6 is 11.8 Å². The van der Waals surface area contributed by atoms with Crippen LogP contribution in [0.25, 0.3) is 10.9 Å². The van der Waals surface area contributed by atoms with Gasteiger partial charge in [-0.25, -0.2) is 0 Å². The molecule has 1 unspecified atom stereocenters. The summed E-state index contributed by atoms with van der Waals surface area (Å²) in [7, 11) is 0. The maximum Gasteiger partial charge on any atom is 0.330 e. The normalized spacial score (nSPS) is 21.9. The number of H-pyrrole nitrogens is 1. The lowest BCUT2D eigenvalue weighted by Gasteiger charge is -2.23. The maximum atomic E-state index is 12.4. The maximum absolute atomic E-state index is 12.4. The van der Waals surface area contributed by atoms with E-state index in [1.807, 2.05) is 30.5 Å². The molecule has 3 rings (SSSR count). The number of aromatic amines is 1. The lowest BCUT2D eigenvalue weighted by atomic mass is 9.93. The van der Waals surface area contributed by atoms with Crippen LogP contribution in [0.2, 0.25) is 0 Å². The standard InChI is InChI=1S/C16H17NO3S/c1-2-20-15(19)16(14(18)7-8-21-16)9-11-10-17-13-6-4-3-5-12(11)13/h3-6,10,17H,2,7-9H2,1H3. The predicted molar refractivity (Wildman–Crippen MR) is 83.4 cm³/mol. The zero-order valence-electron chi connectivity index (χ0n) is 11.8. The van der Waals surface area contributed by atoms with Gasteiger partial charge in [-0.3, -0.25) is 9.59 Å². The fourth-order valence-corrected chi connectivity index (χ4v) is 4.12. The Morgan fingerprint density at radius 1 is 1.43 bits per heavy atom. The molecule has 0 radical (unpaired) electrons. The van der Waals surface area contributed by atoms with Gasteiger partial charge in [-0.05, 0) is 18.6 Å². The van der Waals surface area contributed by atoms with E-state index in [4.69, 9.17) is 4.74 Å². The molecule has 2 heterocycles. The summed E-state index contributed by atoms with van der Waals surface area (Å²) in [6.45, 7) is 2.06. The average Bonchev–Trinajstić information content (AvgIpc) is 3.05. The van der Waals surface area contributed by atoms with E-state index in [2.05, 4.69) is 4.98 Å². The third-order valence-electron chi connectivity index (χ3n) is 3.85. The molecule has 2 aromatic rings. The van der Waals surface area contributed by atoms with E-state index in [0.717, 1.165) is 16.5 Å². The fourth-order valence-electron chi connectivity index (χ4n) is 2.79. The van der Waals surface area contributed by atoms with Gasteiger partial charge in [-0.2, -0.15) is 0 Å². The van der Waals surface area contributed by atoms with E-state index >= 15 is 0 Å². The molecule has 1 aliphatic rings. The van der Waals surface area contributed by atoms with Crippen molar-refractivity contribution in [3.8, 4) is 0 Å². The number of esters is 1. The Kier molecular flexibility index (Phi) is 3.76. The Morgan fingerprint density at radius 3 is 2.95 bits per heavy atom. The van der Waals surface area contributed by atoms with Crippen molar-refractivity contribution in [2.45, 2.75) is 24.5 Å². The second kappa shape index (κ2) is 5.56. The number of ketones is 1. The molecule has 0 aliphatic carbocycles. The first-order valence-electron chi connectivity index (χ1n) is 7.07. The molecule has 110 valence electrons. The number of carbonyl (C=O) groups excluding carboxylic acids is 2. The predicted octanol–water partition coefficient (Wildman–Crippen LogP) is 2.72. The zero-order valence-corrected chi connectivity index (χ0v) is 12.7. The minimum absolute atomic E-state index is 0.0174. The second-order valence-corrected chi connectivity index (χ2v) is 6.50. The average molecular weight is 303 g/mol. The van der Waals surface area contributed by atoms with E-state index < -0.39 is 10.7 Å². The number of para-hydroxylation sites is 1. The van der Waals surface area contributed by atoms with Crippen molar-refractivity contribution in [3.63, 3.8) is 0 Å². The van der Waals surface area contributed by atoms with Crippen molar-refractivity contribution in [2.75, 3.05) is 12.4 Å². The molecular weight excluding hydrogens is 286 g/mol. The van der Waals surface area contributed by atoms with Gasteiger partial charge in [0.2, 0.25) is 0 Å². The van der Waals surface area contributed by atoms with Gasteiger partial charge in [0.15, 0.2) is 10.5 Å². The number of ether oxygens (including phenoxy) is 1. The van der Waals surface area contributed by atoms with Crippen LogP contribution in [-0.4, -0.2) is 33.8 Å². The van der Waals surface area contributed by atoms with Gasteiger partial charge in [-0.15, -0.1) is 11.8 Å². The van der Waals surface area contributed by atoms with Crippen LogP contribution in [0.1, 0.15) is 18.9 Å². The number of nitrogens with one attached hydrogen (secondary N) is 1. The fraction of sp³-hybridized carbons (Fsp3) is 0.375. The monoisotopic (exact) mass is 303 g/mol. The lowest BCUT2D eigenvalue weighted by molar-refractivity contribution is -0.148. The molecule has 1 N–H and O–H groups in total. The van der Waals surface area contributed by atoms with Gasteiger partial charge in [0.1, 0.15) is 0 Å². The second-order valence-electron chi connectivity index (χ2n) is 5.11. The number of carbonyl (C=O) groups is 2. The molecule has 0 bridgehead atoms. The summed E-state index contributed by atoms with van der Waals surface area (Å²) in [5, 5.41) is 1.06. The van der Waals surface area contributed by atoms with E-state index in [0.29, 0.717) is 25.2 Å². The molecule has 5 heteroatoms. The Morgan fingerprint density at radius 2 is 2.24 bits per heavy atom. The number of benzene rings is 1. The summed E-state index contributed by atoms with van der Waals surface area (Å²) in [4.78, 5) is 27.9. The largest absolute Gasteiger partial charge is 0.465 e. The number of hydrogen-bond donors (Lipinski definition) is 1. The highest BCUT2D eigenvalue weighted by molar-refractivity contribution is 8.02. The van der Waals surface area contributed by atoms with Gasteiger partial charge in [0, 0.05) is 35.7 Å². The Bertz CT molecular complexity index is 694. The van der Waals surface area contributed by atoms with Crippen molar-refractivity contribution in [1.82, 2.24) is 4.98 Å². The van der Waals surface area contributed by atoms with E-state index in [9.17, 15) is 9.59 Å². The van der Waals surface area contributed by atoms with Crippen LogP contribution in [0.15, 0.2) is 30.5 Å². The molecule has 1 atom stereocenters. The van der Waals surface area contributed by atoms with E-state index in [1.54, 1.807) is 6.92 Å². The van der Waals surface area contributed by atoms with Gasteiger partial charge in [0.05, 0.1) is 6.61 Å². The van der Waals surface area contributed by atoms with Crippen LogP contribution in [0, 0.1) is 0 Å². The van der Waals surface area contributed by atoms with E-state index in [-0.39, 0.29) is 5.78 Å². The number of fused-ring (bicyclic) bond motifs is 1. The van der Waals surface area contributed by atoms with Crippen LogP contribution < -0.4 is 0 Å². The molecule has 1 saturated heterocycles. The molecule has 0 spiro atoms. The van der Waals surface area contributed by atoms with Crippen LogP contribution in [0.4, 0.5) is 0 Å². The number of aromatic nitrogens is 1. The van der Waals surface area contributed by atoms with Gasteiger partial charge in [0.25, 0.3) is 0 Å². The summed E-state index contributed by atoms with van der Waals surface area (Å²) in [5.41, 5.74) is 2.00. The number of rotatable bonds is 4. The molecule has 0 saturated carbocycles. The minimum Gasteiger partial charge on any atom is -0.465 e. The zero-order chi connectivity index (χ0) is 14.9.